The molecule has 0 aliphatic rings. The summed E-state index contributed by atoms with van der Waals surface area (Å²) in [5, 5.41) is 3.55. The van der Waals surface area contributed by atoms with Crippen molar-refractivity contribution in [3.05, 3.63) is 106 Å². The van der Waals surface area contributed by atoms with Gasteiger partial charge in [0.25, 0.3) is 0 Å². The fraction of sp³-hybridized carbons (Fsp3) is 0.259. The fourth-order valence-electron chi connectivity index (χ4n) is 3.71. The van der Waals surface area contributed by atoms with Gasteiger partial charge in [-0.15, -0.1) is 0 Å². The van der Waals surface area contributed by atoms with Gasteiger partial charge in [0.2, 0.25) is 11.8 Å². The van der Waals surface area contributed by atoms with Gasteiger partial charge in [0.05, 0.1) is 6.42 Å². The average molecular weight is 449 g/mol. The van der Waals surface area contributed by atoms with Gasteiger partial charge >= 0.3 is 0 Å². The van der Waals surface area contributed by atoms with E-state index in [1.165, 1.54) is 0 Å². The minimum absolute atomic E-state index is 0.0820. The second-order valence-corrected chi connectivity index (χ2v) is 8.29. The Kier molecular flexibility index (Phi) is 8.46. The number of halogens is 1. The van der Waals surface area contributed by atoms with Crippen LogP contribution < -0.4 is 5.32 Å². The van der Waals surface area contributed by atoms with Crippen LogP contribution in [0, 0.1) is 6.92 Å². The fourth-order valence-corrected chi connectivity index (χ4v) is 3.83. The largest absolute Gasteiger partial charge is 0.355 e. The zero-order valence-corrected chi connectivity index (χ0v) is 19.3. The highest BCUT2D eigenvalue weighted by atomic mass is 35.5. The van der Waals surface area contributed by atoms with Crippen molar-refractivity contribution in [2.24, 2.45) is 0 Å². The molecule has 0 saturated carbocycles. The number of nitrogens with one attached hydrogen (secondary N) is 1. The molecule has 0 bridgehead atoms. The molecule has 166 valence electrons. The van der Waals surface area contributed by atoms with E-state index in [1.54, 1.807) is 17.0 Å². The zero-order valence-electron chi connectivity index (χ0n) is 18.6. The summed E-state index contributed by atoms with van der Waals surface area (Å²) in [4.78, 5) is 28.4. The van der Waals surface area contributed by atoms with E-state index < -0.39 is 6.04 Å². The van der Waals surface area contributed by atoms with E-state index >= 15 is 0 Å². The molecule has 2 amide bonds. The Morgan fingerprint density at radius 1 is 0.906 bits per heavy atom. The number of rotatable bonds is 9. The second-order valence-electron chi connectivity index (χ2n) is 7.85. The van der Waals surface area contributed by atoms with E-state index in [0.717, 1.165) is 22.3 Å². The number of amides is 2. The molecule has 1 N–H and O–H groups in total. The van der Waals surface area contributed by atoms with E-state index in [1.807, 2.05) is 80.6 Å². The lowest BCUT2D eigenvalue weighted by molar-refractivity contribution is -0.140. The first-order chi connectivity index (χ1) is 15.5. The predicted octanol–water partition coefficient (Wildman–Crippen LogP) is 4.97. The predicted molar refractivity (Wildman–Crippen MR) is 130 cm³/mol. The van der Waals surface area contributed by atoms with Crippen LogP contribution in [-0.2, 0) is 29.0 Å². The SMILES string of the molecule is CCNC(=O)[C@@H](Cc1ccccc1)N(Cc1ccc(Cl)cc1)C(=O)Cc1ccccc1C. The average Bonchev–Trinajstić information content (AvgIpc) is 2.79. The monoisotopic (exact) mass is 448 g/mol. The molecule has 32 heavy (non-hydrogen) atoms. The lowest BCUT2D eigenvalue weighted by Gasteiger charge is -2.31. The lowest BCUT2D eigenvalue weighted by Crippen LogP contribution is -2.51. The normalized spacial score (nSPS) is 11.6. The van der Waals surface area contributed by atoms with Crippen molar-refractivity contribution in [1.82, 2.24) is 10.2 Å². The van der Waals surface area contributed by atoms with Gasteiger partial charge < -0.3 is 10.2 Å². The summed E-state index contributed by atoms with van der Waals surface area (Å²) in [6.45, 7) is 4.72. The number of aryl methyl sites for hydroxylation is 1. The van der Waals surface area contributed by atoms with Crippen LogP contribution in [0.4, 0.5) is 0 Å². The molecule has 0 aromatic heterocycles. The van der Waals surface area contributed by atoms with E-state index in [4.69, 9.17) is 11.6 Å². The minimum atomic E-state index is -0.621. The van der Waals surface area contributed by atoms with Crippen LogP contribution in [0.15, 0.2) is 78.9 Å². The number of hydrogen-bond donors (Lipinski definition) is 1. The Bertz CT molecular complexity index is 1040. The summed E-state index contributed by atoms with van der Waals surface area (Å²) in [7, 11) is 0. The summed E-state index contributed by atoms with van der Waals surface area (Å²) in [6.07, 6.45) is 0.685. The van der Waals surface area contributed by atoms with Crippen molar-refractivity contribution in [3.8, 4) is 0 Å². The highest BCUT2D eigenvalue weighted by molar-refractivity contribution is 6.30. The molecule has 1 atom stereocenters. The summed E-state index contributed by atoms with van der Waals surface area (Å²) in [5.41, 5.74) is 3.96. The minimum Gasteiger partial charge on any atom is -0.355 e. The van der Waals surface area contributed by atoms with E-state index in [2.05, 4.69) is 5.32 Å². The first-order valence-corrected chi connectivity index (χ1v) is 11.3. The number of carbonyl (C=O) groups excluding carboxylic acids is 2. The molecule has 0 aliphatic heterocycles. The van der Waals surface area contributed by atoms with E-state index in [-0.39, 0.29) is 18.2 Å². The van der Waals surface area contributed by atoms with Crippen molar-refractivity contribution < 1.29 is 9.59 Å². The Morgan fingerprint density at radius 3 is 2.22 bits per heavy atom. The molecule has 0 saturated heterocycles. The number of carbonyl (C=O) groups is 2. The van der Waals surface area contributed by atoms with E-state index in [9.17, 15) is 9.59 Å². The van der Waals surface area contributed by atoms with Gasteiger partial charge in [-0.05, 0) is 48.2 Å². The third kappa shape index (κ3) is 6.44. The number of benzene rings is 3. The zero-order chi connectivity index (χ0) is 22.9. The van der Waals surface area contributed by atoms with E-state index in [0.29, 0.717) is 24.5 Å². The number of likely N-dealkylation sites (N-methyl/N-ethyl adjacent to an activating group) is 1. The van der Waals surface area contributed by atoms with Crippen molar-refractivity contribution in [1.29, 1.82) is 0 Å². The lowest BCUT2D eigenvalue weighted by atomic mass is 10.0. The van der Waals surface area contributed by atoms with Gasteiger partial charge in [-0.3, -0.25) is 9.59 Å². The Balaban J connectivity index is 1.95. The van der Waals surface area contributed by atoms with Crippen LogP contribution in [0.3, 0.4) is 0 Å². The standard InChI is InChI=1S/C27H29ClN2O2/c1-3-29-27(32)25(17-21-10-5-4-6-11-21)30(19-22-13-15-24(28)16-14-22)26(31)18-23-12-8-7-9-20(23)2/h4-16,25H,3,17-19H2,1-2H3,(H,29,32)/t25-/m1/s1. The van der Waals surface area contributed by atoms with Crippen LogP contribution in [0.25, 0.3) is 0 Å². The maximum absolute atomic E-state index is 13.6. The molecule has 0 spiro atoms. The van der Waals surface area contributed by atoms with Crippen LogP contribution in [0.5, 0.6) is 0 Å². The first kappa shape index (κ1) is 23.6. The maximum Gasteiger partial charge on any atom is 0.243 e. The van der Waals surface area contributed by atoms with Crippen molar-refractivity contribution in [3.63, 3.8) is 0 Å². The van der Waals surface area contributed by atoms with Crippen LogP contribution in [0.1, 0.15) is 29.2 Å². The molecule has 5 heteroatoms. The smallest absolute Gasteiger partial charge is 0.243 e. The number of nitrogens with zero attached hydrogens (tertiary/aromatic N) is 1. The topological polar surface area (TPSA) is 49.4 Å². The molecule has 3 rings (SSSR count). The van der Waals surface area contributed by atoms with Gasteiger partial charge in [-0.25, -0.2) is 0 Å². The van der Waals surface area contributed by atoms with Crippen LogP contribution in [0.2, 0.25) is 5.02 Å². The Morgan fingerprint density at radius 2 is 1.56 bits per heavy atom. The van der Waals surface area contributed by atoms with Crippen molar-refractivity contribution in [2.75, 3.05) is 6.54 Å². The van der Waals surface area contributed by atoms with Crippen LogP contribution in [-0.4, -0.2) is 29.3 Å². The molecule has 0 aliphatic carbocycles. The number of hydrogen-bond acceptors (Lipinski definition) is 2. The molecule has 3 aromatic carbocycles. The molecule has 0 heterocycles. The second kappa shape index (κ2) is 11.5. The van der Waals surface area contributed by atoms with Gasteiger partial charge in [0.15, 0.2) is 0 Å². The van der Waals surface area contributed by atoms with Gasteiger partial charge in [-0.2, -0.15) is 0 Å². The van der Waals surface area contributed by atoms with Crippen molar-refractivity contribution >= 4 is 23.4 Å². The molecular formula is C27H29ClN2O2. The first-order valence-electron chi connectivity index (χ1n) is 10.9. The quantitative estimate of drug-likeness (QED) is 0.502. The summed E-state index contributed by atoms with van der Waals surface area (Å²) in [5.74, 6) is -0.232. The highest BCUT2D eigenvalue weighted by Gasteiger charge is 2.30. The van der Waals surface area contributed by atoms with Gasteiger partial charge in [0.1, 0.15) is 6.04 Å². The van der Waals surface area contributed by atoms with Gasteiger partial charge in [0, 0.05) is 24.5 Å². The molecule has 4 nitrogen and oxygen atoms in total. The third-order valence-electron chi connectivity index (χ3n) is 5.49. The molecule has 3 aromatic rings. The molecule has 0 fully saturated rings. The van der Waals surface area contributed by atoms with Gasteiger partial charge in [-0.1, -0.05) is 78.3 Å². The van der Waals surface area contributed by atoms with Crippen LogP contribution >= 0.6 is 11.6 Å². The highest BCUT2D eigenvalue weighted by Crippen LogP contribution is 2.19. The summed E-state index contributed by atoms with van der Waals surface area (Å²) in [6, 6.07) is 24.4. The maximum atomic E-state index is 13.6. The Hall–Kier alpha value is -3.11. The third-order valence-corrected chi connectivity index (χ3v) is 5.74. The van der Waals surface area contributed by atoms with Crippen molar-refractivity contribution in [2.45, 2.75) is 39.3 Å². The Labute approximate surface area is 195 Å². The molecular weight excluding hydrogens is 420 g/mol. The summed E-state index contributed by atoms with van der Waals surface area (Å²) < 4.78 is 0. The molecule has 0 unspecified atom stereocenters. The molecule has 0 radical (unpaired) electrons. The summed E-state index contributed by atoms with van der Waals surface area (Å²) >= 11 is 6.05.